The van der Waals surface area contributed by atoms with Gasteiger partial charge >= 0.3 is 10.1 Å². The van der Waals surface area contributed by atoms with Gasteiger partial charge in [-0.1, -0.05) is 48.5 Å². The van der Waals surface area contributed by atoms with E-state index in [0.29, 0.717) is 33.7 Å². The molecular weight excluding hydrogens is 600 g/mol. The molecule has 206 valence electrons. The SMILES string of the molecule is COc1cc(C(=O)N/N=C/c2cc(Br)c(OS(=O)(=O)c3ccccc3)c(OC)c2)ccc1OCc1ccccc1. The predicted molar refractivity (Wildman–Crippen MR) is 154 cm³/mol. The van der Waals surface area contributed by atoms with Gasteiger partial charge in [-0.25, -0.2) is 5.43 Å². The van der Waals surface area contributed by atoms with E-state index in [1.807, 2.05) is 30.3 Å². The molecule has 1 N–H and O–H groups in total. The quantitative estimate of drug-likeness (QED) is 0.132. The molecule has 0 aliphatic heterocycles. The highest BCUT2D eigenvalue weighted by atomic mass is 79.9. The van der Waals surface area contributed by atoms with Crippen molar-refractivity contribution >= 4 is 38.2 Å². The average Bonchev–Trinajstić information content (AvgIpc) is 2.98. The number of hydrogen-bond donors (Lipinski definition) is 1. The van der Waals surface area contributed by atoms with Crippen molar-refractivity contribution < 1.29 is 31.6 Å². The number of nitrogens with one attached hydrogen (secondary N) is 1. The Bertz CT molecular complexity index is 1610. The third-order valence-corrected chi connectivity index (χ3v) is 7.34. The maximum Gasteiger partial charge on any atom is 0.339 e. The predicted octanol–water partition coefficient (Wildman–Crippen LogP) is 5.58. The Hall–Kier alpha value is -4.35. The number of benzene rings is 4. The number of carbonyl (C=O) groups is 1. The summed E-state index contributed by atoms with van der Waals surface area (Å²) in [4.78, 5) is 12.7. The monoisotopic (exact) mass is 624 g/mol. The molecule has 0 fully saturated rings. The molecule has 4 aromatic carbocycles. The van der Waals surface area contributed by atoms with Gasteiger partial charge in [0.15, 0.2) is 23.0 Å². The highest BCUT2D eigenvalue weighted by Gasteiger charge is 2.21. The van der Waals surface area contributed by atoms with E-state index in [4.69, 9.17) is 18.4 Å². The van der Waals surface area contributed by atoms with Crippen LogP contribution in [0.15, 0.2) is 105 Å². The Balaban J connectivity index is 1.43. The fourth-order valence-electron chi connectivity index (χ4n) is 3.53. The second kappa shape index (κ2) is 13.1. The summed E-state index contributed by atoms with van der Waals surface area (Å²) < 4.78 is 47.5. The van der Waals surface area contributed by atoms with Crippen LogP contribution in [0.25, 0.3) is 0 Å². The Morgan fingerprint density at radius 2 is 1.55 bits per heavy atom. The van der Waals surface area contributed by atoms with Crippen LogP contribution >= 0.6 is 15.9 Å². The number of nitrogens with zero attached hydrogens (tertiary/aromatic N) is 1. The minimum Gasteiger partial charge on any atom is -0.493 e. The normalized spacial score (nSPS) is 11.2. The molecule has 0 aliphatic carbocycles. The van der Waals surface area contributed by atoms with Gasteiger partial charge in [-0.3, -0.25) is 4.79 Å². The summed E-state index contributed by atoms with van der Waals surface area (Å²) in [6.07, 6.45) is 1.38. The zero-order chi connectivity index (χ0) is 28.5. The van der Waals surface area contributed by atoms with Crippen LogP contribution in [0.1, 0.15) is 21.5 Å². The first-order chi connectivity index (χ1) is 19.3. The molecule has 0 saturated carbocycles. The number of carbonyl (C=O) groups excluding carboxylic acids is 1. The van der Waals surface area contributed by atoms with Gasteiger partial charge in [0.1, 0.15) is 11.5 Å². The number of rotatable bonds is 11. The van der Waals surface area contributed by atoms with Gasteiger partial charge in [0, 0.05) is 5.56 Å². The Morgan fingerprint density at radius 1 is 0.875 bits per heavy atom. The fourth-order valence-corrected chi connectivity index (χ4v) is 5.16. The first-order valence-corrected chi connectivity index (χ1v) is 14.1. The van der Waals surface area contributed by atoms with Crippen molar-refractivity contribution in [2.75, 3.05) is 14.2 Å². The number of hydrogen-bond acceptors (Lipinski definition) is 8. The third-order valence-electron chi connectivity index (χ3n) is 5.52. The van der Waals surface area contributed by atoms with Gasteiger partial charge in [0.05, 0.1) is 24.9 Å². The Labute approximate surface area is 240 Å². The van der Waals surface area contributed by atoms with Crippen molar-refractivity contribution in [3.63, 3.8) is 0 Å². The minimum absolute atomic E-state index is 0.00437. The molecule has 4 rings (SSSR count). The Kier molecular flexibility index (Phi) is 9.41. The van der Waals surface area contributed by atoms with E-state index in [-0.39, 0.29) is 16.4 Å². The molecule has 9 nitrogen and oxygen atoms in total. The summed E-state index contributed by atoms with van der Waals surface area (Å²) in [7, 11) is -1.21. The van der Waals surface area contributed by atoms with Crippen LogP contribution in [-0.4, -0.2) is 34.8 Å². The van der Waals surface area contributed by atoms with Crippen LogP contribution in [0.4, 0.5) is 0 Å². The lowest BCUT2D eigenvalue weighted by molar-refractivity contribution is 0.0954. The summed E-state index contributed by atoms with van der Waals surface area (Å²) in [5.74, 6) is 0.568. The van der Waals surface area contributed by atoms with Crippen molar-refractivity contribution in [2.45, 2.75) is 11.5 Å². The minimum atomic E-state index is -4.09. The van der Waals surface area contributed by atoms with Gasteiger partial charge < -0.3 is 18.4 Å². The van der Waals surface area contributed by atoms with Crippen LogP contribution in [-0.2, 0) is 16.7 Å². The van der Waals surface area contributed by atoms with Crippen LogP contribution in [0.5, 0.6) is 23.0 Å². The summed E-state index contributed by atoms with van der Waals surface area (Å²) in [6.45, 7) is 0.355. The molecule has 40 heavy (non-hydrogen) atoms. The maximum atomic E-state index is 12.7. The highest BCUT2D eigenvalue weighted by Crippen LogP contribution is 2.38. The molecule has 0 radical (unpaired) electrons. The van der Waals surface area contributed by atoms with E-state index in [9.17, 15) is 13.2 Å². The van der Waals surface area contributed by atoms with E-state index in [2.05, 4.69) is 26.5 Å². The lowest BCUT2D eigenvalue weighted by Crippen LogP contribution is -2.17. The van der Waals surface area contributed by atoms with Crippen molar-refractivity contribution in [3.05, 3.63) is 112 Å². The first kappa shape index (κ1) is 28.7. The fraction of sp³-hybridized carbons (Fsp3) is 0.103. The molecule has 0 atom stereocenters. The standard InChI is InChI=1S/C29H25BrN2O7S/c1-36-26-17-22(13-14-25(26)38-19-20-9-5-3-6-10-20)29(33)32-31-18-21-15-24(30)28(27(16-21)37-2)39-40(34,35)23-11-7-4-8-12-23/h3-18H,19H2,1-2H3,(H,32,33)/b31-18+. The van der Waals surface area contributed by atoms with E-state index in [0.717, 1.165) is 5.56 Å². The molecule has 1 amide bonds. The zero-order valence-corrected chi connectivity index (χ0v) is 23.9. The second-order valence-electron chi connectivity index (χ2n) is 8.22. The van der Waals surface area contributed by atoms with E-state index < -0.39 is 16.0 Å². The van der Waals surface area contributed by atoms with E-state index >= 15 is 0 Å². The largest absolute Gasteiger partial charge is 0.493 e. The number of amides is 1. The number of ether oxygens (including phenoxy) is 3. The topological polar surface area (TPSA) is 113 Å². The summed E-state index contributed by atoms with van der Waals surface area (Å²) in [5.41, 5.74) is 4.28. The van der Waals surface area contributed by atoms with Crippen molar-refractivity contribution in [1.82, 2.24) is 5.43 Å². The third kappa shape index (κ3) is 7.19. The molecule has 0 aliphatic rings. The average molecular weight is 625 g/mol. The van der Waals surface area contributed by atoms with Gasteiger partial charge in [-0.05, 0) is 69.5 Å². The molecule has 0 spiro atoms. The molecule has 0 aromatic heterocycles. The van der Waals surface area contributed by atoms with Crippen molar-refractivity contribution in [2.24, 2.45) is 5.10 Å². The zero-order valence-electron chi connectivity index (χ0n) is 21.5. The molecule has 4 aromatic rings. The van der Waals surface area contributed by atoms with Crippen LogP contribution in [0.2, 0.25) is 0 Å². The highest BCUT2D eigenvalue weighted by molar-refractivity contribution is 9.10. The van der Waals surface area contributed by atoms with E-state index in [1.165, 1.54) is 38.6 Å². The first-order valence-electron chi connectivity index (χ1n) is 11.9. The summed E-state index contributed by atoms with van der Waals surface area (Å²) >= 11 is 3.33. The summed E-state index contributed by atoms with van der Waals surface area (Å²) in [5, 5.41) is 4.01. The Morgan fingerprint density at radius 3 is 2.23 bits per heavy atom. The molecular formula is C29H25BrN2O7S. The summed E-state index contributed by atoms with van der Waals surface area (Å²) in [6, 6.07) is 25.4. The lowest BCUT2D eigenvalue weighted by Gasteiger charge is -2.13. The maximum absolute atomic E-state index is 12.7. The number of methoxy groups -OCH3 is 2. The van der Waals surface area contributed by atoms with Crippen molar-refractivity contribution in [3.8, 4) is 23.0 Å². The van der Waals surface area contributed by atoms with Gasteiger partial charge in [0.25, 0.3) is 5.91 Å². The van der Waals surface area contributed by atoms with Crippen LogP contribution in [0, 0.1) is 0 Å². The molecule has 0 bridgehead atoms. The van der Waals surface area contributed by atoms with Gasteiger partial charge in [-0.15, -0.1) is 0 Å². The van der Waals surface area contributed by atoms with E-state index in [1.54, 1.807) is 42.5 Å². The molecule has 11 heteroatoms. The van der Waals surface area contributed by atoms with Gasteiger partial charge in [0.2, 0.25) is 0 Å². The molecule has 0 unspecified atom stereocenters. The van der Waals surface area contributed by atoms with Crippen LogP contribution in [0.3, 0.4) is 0 Å². The van der Waals surface area contributed by atoms with Crippen molar-refractivity contribution in [1.29, 1.82) is 0 Å². The molecule has 0 saturated heterocycles. The number of halogens is 1. The molecule has 0 heterocycles. The smallest absolute Gasteiger partial charge is 0.339 e. The number of hydrazone groups is 1. The lowest BCUT2D eigenvalue weighted by atomic mass is 10.2. The van der Waals surface area contributed by atoms with Crippen LogP contribution < -0.4 is 23.8 Å². The van der Waals surface area contributed by atoms with Gasteiger partial charge in [-0.2, -0.15) is 13.5 Å². The second-order valence-corrected chi connectivity index (χ2v) is 10.6.